The number of nitrogens with zero attached hydrogens (tertiary/aromatic N) is 1. The summed E-state index contributed by atoms with van der Waals surface area (Å²) < 4.78 is 5.05. The summed E-state index contributed by atoms with van der Waals surface area (Å²) in [4.78, 5) is 24.6. The molecule has 0 aromatic heterocycles. The minimum atomic E-state index is -0.937. The molecule has 0 saturated carbocycles. The van der Waals surface area contributed by atoms with Crippen LogP contribution >= 0.6 is 11.8 Å². The van der Waals surface area contributed by atoms with Crippen molar-refractivity contribution in [1.82, 2.24) is 4.90 Å². The number of carboxylic acid groups (broad SMARTS) is 1. The molecule has 1 amide bonds. The molecule has 1 fully saturated rings. The number of carbonyl (C=O) groups is 2. The number of hydrogen-bond donors (Lipinski definition) is 1. The highest BCUT2D eigenvalue weighted by Crippen LogP contribution is 2.22. The molecule has 1 saturated heterocycles. The third kappa shape index (κ3) is 3.20. The van der Waals surface area contributed by atoms with E-state index in [0.29, 0.717) is 11.6 Å². The van der Waals surface area contributed by atoms with Gasteiger partial charge in [0, 0.05) is 5.75 Å². The number of ether oxygens (including phenoxy) is 1. The third-order valence-electron chi connectivity index (χ3n) is 3.00. The van der Waals surface area contributed by atoms with Gasteiger partial charge in [-0.05, 0) is 17.7 Å². The van der Waals surface area contributed by atoms with E-state index >= 15 is 0 Å². The Morgan fingerprint density at radius 2 is 2.11 bits per heavy atom. The Morgan fingerprint density at radius 3 is 2.68 bits per heavy atom. The fourth-order valence-corrected chi connectivity index (χ4v) is 3.08. The number of methoxy groups -OCH3 is 1. The first-order chi connectivity index (χ1) is 9.11. The van der Waals surface area contributed by atoms with E-state index in [4.69, 9.17) is 9.84 Å². The van der Waals surface area contributed by atoms with Crippen molar-refractivity contribution in [1.29, 1.82) is 0 Å². The first kappa shape index (κ1) is 13.7. The molecule has 1 unspecified atom stereocenters. The van der Waals surface area contributed by atoms with Crippen molar-refractivity contribution in [3.63, 3.8) is 0 Å². The second kappa shape index (κ2) is 5.97. The van der Waals surface area contributed by atoms with Crippen LogP contribution in [0, 0.1) is 0 Å². The van der Waals surface area contributed by atoms with Crippen LogP contribution in [0.4, 0.5) is 0 Å². The fraction of sp³-hybridized carbons (Fsp3) is 0.385. The van der Waals surface area contributed by atoms with Gasteiger partial charge in [-0.1, -0.05) is 12.1 Å². The van der Waals surface area contributed by atoms with E-state index in [1.807, 2.05) is 12.1 Å². The second-order valence-corrected chi connectivity index (χ2v) is 5.24. The number of amides is 1. The summed E-state index contributed by atoms with van der Waals surface area (Å²) in [5.74, 6) is 0.558. The van der Waals surface area contributed by atoms with Gasteiger partial charge < -0.3 is 14.7 Å². The van der Waals surface area contributed by atoms with Crippen LogP contribution in [0.3, 0.4) is 0 Å². The lowest BCUT2D eigenvalue weighted by molar-refractivity contribution is -0.147. The zero-order valence-corrected chi connectivity index (χ0v) is 11.4. The van der Waals surface area contributed by atoms with E-state index in [1.165, 1.54) is 16.7 Å². The van der Waals surface area contributed by atoms with Crippen LogP contribution in [-0.2, 0) is 16.0 Å². The molecule has 1 aliphatic heterocycles. The van der Waals surface area contributed by atoms with Crippen molar-refractivity contribution in [2.24, 2.45) is 0 Å². The van der Waals surface area contributed by atoms with Crippen LogP contribution < -0.4 is 4.74 Å². The quantitative estimate of drug-likeness (QED) is 0.899. The van der Waals surface area contributed by atoms with Gasteiger partial charge in [0.05, 0.1) is 19.4 Å². The van der Waals surface area contributed by atoms with E-state index in [1.54, 1.807) is 19.2 Å². The smallest absolute Gasteiger partial charge is 0.327 e. The Hall–Kier alpha value is -1.69. The summed E-state index contributed by atoms with van der Waals surface area (Å²) >= 11 is 1.47. The predicted molar refractivity (Wildman–Crippen MR) is 72.3 cm³/mol. The molecule has 1 aromatic rings. The van der Waals surface area contributed by atoms with Gasteiger partial charge in [0.2, 0.25) is 5.91 Å². The van der Waals surface area contributed by atoms with Gasteiger partial charge in [0.25, 0.3) is 0 Å². The molecular formula is C13H15NO4S. The summed E-state index contributed by atoms with van der Waals surface area (Å²) in [7, 11) is 1.58. The highest BCUT2D eigenvalue weighted by Gasteiger charge is 2.34. The summed E-state index contributed by atoms with van der Waals surface area (Å²) in [5, 5.41) is 9.04. The average Bonchev–Trinajstić information content (AvgIpc) is 2.89. The molecule has 1 aromatic carbocycles. The minimum Gasteiger partial charge on any atom is -0.497 e. The van der Waals surface area contributed by atoms with Gasteiger partial charge in [-0.3, -0.25) is 4.79 Å². The van der Waals surface area contributed by atoms with Crippen molar-refractivity contribution >= 4 is 23.6 Å². The van der Waals surface area contributed by atoms with Crippen LogP contribution in [0.2, 0.25) is 0 Å². The van der Waals surface area contributed by atoms with E-state index in [-0.39, 0.29) is 12.3 Å². The Kier molecular flexibility index (Phi) is 4.31. The maximum atomic E-state index is 12.1. The zero-order chi connectivity index (χ0) is 13.8. The highest BCUT2D eigenvalue weighted by molar-refractivity contribution is 7.99. The molecule has 0 radical (unpaired) electrons. The topological polar surface area (TPSA) is 66.8 Å². The van der Waals surface area contributed by atoms with Crippen molar-refractivity contribution in [2.75, 3.05) is 18.7 Å². The highest BCUT2D eigenvalue weighted by atomic mass is 32.2. The molecule has 19 heavy (non-hydrogen) atoms. The van der Waals surface area contributed by atoms with Gasteiger partial charge in [0.15, 0.2) is 0 Å². The SMILES string of the molecule is COc1ccc(CC(=O)N2CSCC2C(=O)O)cc1. The number of carboxylic acids is 1. The molecule has 1 N–H and O–H groups in total. The summed E-state index contributed by atoms with van der Waals surface area (Å²) in [5.41, 5.74) is 0.854. The third-order valence-corrected chi connectivity index (χ3v) is 4.01. The Balaban J connectivity index is 2.01. The minimum absolute atomic E-state index is 0.150. The zero-order valence-electron chi connectivity index (χ0n) is 10.5. The fourth-order valence-electron chi connectivity index (χ4n) is 1.91. The monoisotopic (exact) mass is 281 g/mol. The number of carbonyl (C=O) groups excluding carboxylic acids is 1. The normalized spacial score (nSPS) is 18.4. The maximum Gasteiger partial charge on any atom is 0.327 e. The van der Waals surface area contributed by atoms with Gasteiger partial charge in [-0.15, -0.1) is 11.8 Å². The van der Waals surface area contributed by atoms with Gasteiger partial charge in [-0.2, -0.15) is 0 Å². The van der Waals surface area contributed by atoms with Crippen LogP contribution in [0.25, 0.3) is 0 Å². The largest absolute Gasteiger partial charge is 0.497 e. The van der Waals surface area contributed by atoms with Crippen LogP contribution in [-0.4, -0.2) is 46.7 Å². The van der Waals surface area contributed by atoms with Crippen molar-refractivity contribution in [3.8, 4) is 5.75 Å². The lowest BCUT2D eigenvalue weighted by Crippen LogP contribution is -2.42. The standard InChI is InChI=1S/C13H15NO4S/c1-18-10-4-2-9(3-5-10)6-12(15)14-8-19-7-11(14)13(16)17/h2-5,11H,6-8H2,1H3,(H,16,17). The number of rotatable bonds is 4. The van der Waals surface area contributed by atoms with Crippen LogP contribution in [0.1, 0.15) is 5.56 Å². The lowest BCUT2D eigenvalue weighted by Gasteiger charge is -2.20. The van der Waals surface area contributed by atoms with Crippen LogP contribution in [0.5, 0.6) is 5.75 Å². The molecule has 102 valence electrons. The molecule has 5 nitrogen and oxygen atoms in total. The van der Waals surface area contributed by atoms with Crippen molar-refractivity contribution in [3.05, 3.63) is 29.8 Å². The average molecular weight is 281 g/mol. The molecule has 1 heterocycles. The van der Waals surface area contributed by atoms with E-state index < -0.39 is 12.0 Å². The Bertz CT molecular complexity index is 474. The second-order valence-electron chi connectivity index (χ2n) is 4.24. The molecule has 0 spiro atoms. The lowest BCUT2D eigenvalue weighted by atomic mass is 10.1. The summed E-state index contributed by atoms with van der Waals surface area (Å²) in [6.07, 6.45) is 0.217. The predicted octanol–water partition coefficient (Wildman–Crippen LogP) is 1.22. The molecule has 2 rings (SSSR count). The maximum absolute atomic E-state index is 12.1. The first-order valence-corrected chi connectivity index (χ1v) is 7.00. The number of hydrogen-bond acceptors (Lipinski definition) is 4. The number of thioether (sulfide) groups is 1. The molecule has 0 aliphatic carbocycles. The van der Waals surface area contributed by atoms with Crippen LogP contribution in [0.15, 0.2) is 24.3 Å². The Labute approximate surface area is 115 Å². The van der Waals surface area contributed by atoms with Crippen molar-refractivity contribution in [2.45, 2.75) is 12.5 Å². The van der Waals surface area contributed by atoms with Gasteiger partial charge in [0.1, 0.15) is 11.8 Å². The van der Waals surface area contributed by atoms with Gasteiger partial charge >= 0.3 is 5.97 Å². The number of benzene rings is 1. The molecule has 6 heteroatoms. The molecule has 1 atom stereocenters. The molecule has 0 bridgehead atoms. The molecule has 1 aliphatic rings. The van der Waals surface area contributed by atoms with E-state index in [0.717, 1.165) is 11.3 Å². The summed E-state index contributed by atoms with van der Waals surface area (Å²) in [6, 6.07) is 6.51. The molecular weight excluding hydrogens is 266 g/mol. The van der Waals surface area contributed by atoms with E-state index in [2.05, 4.69) is 0 Å². The first-order valence-electron chi connectivity index (χ1n) is 5.85. The van der Waals surface area contributed by atoms with Crippen molar-refractivity contribution < 1.29 is 19.4 Å². The van der Waals surface area contributed by atoms with Gasteiger partial charge in [-0.25, -0.2) is 4.79 Å². The van der Waals surface area contributed by atoms with E-state index in [9.17, 15) is 9.59 Å². The number of aliphatic carboxylic acids is 1. The Morgan fingerprint density at radius 1 is 1.42 bits per heavy atom. The summed E-state index contributed by atoms with van der Waals surface area (Å²) in [6.45, 7) is 0.